The maximum absolute atomic E-state index is 4.23. The van der Waals surface area contributed by atoms with E-state index < -0.39 is 0 Å². The average Bonchev–Trinajstić information content (AvgIpc) is 3.01. The van der Waals surface area contributed by atoms with Gasteiger partial charge in [0, 0.05) is 29.5 Å². The molecule has 4 heteroatoms. The molecule has 0 radical (unpaired) electrons. The van der Waals surface area contributed by atoms with Crippen molar-refractivity contribution in [2.45, 2.75) is 25.4 Å². The summed E-state index contributed by atoms with van der Waals surface area (Å²) in [5.41, 5.74) is 2.38. The van der Waals surface area contributed by atoms with Crippen LogP contribution in [-0.4, -0.2) is 15.8 Å². The lowest BCUT2D eigenvalue weighted by Crippen LogP contribution is -2.15. The van der Waals surface area contributed by atoms with E-state index in [0.29, 0.717) is 0 Å². The maximum atomic E-state index is 4.23. The van der Waals surface area contributed by atoms with Crippen molar-refractivity contribution in [3.63, 3.8) is 0 Å². The summed E-state index contributed by atoms with van der Waals surface area (Å²) in [5, 5.41) is 7.74. The van der Waals surface area contributed by atoms with E-state index in [9.17, 15) is 0 Å². The van der Waals surface area contributed by atoms with Crippen molar-refractivity contribution >= 4 is 15.9 Å². The van der Waals surface area contributed by atoms with Crippen LogP contribution in [0.5, 0.6) is 0 Å². The maximum Gasteiger partial charge on any atom is 0.0787 e. The first-order valence-electron chi connectivity index (χ1n) is 5.85. The molecule has 1 heterocycles. The lowest BCUT2D eigenvalue weighted by atomic mass is 10.2. The highest BCUT2D eigenvalue weighted by Crippen LogP contribution is 2.23. The predicted molar refractivity (Wildman–Crippen MR) is 71.1 cm³/mol. The van der Waals surface area contributed by atoms with Gasteiger partial charge in [-0.15, -0.1) is 0 Å². The topological polar surface area (TPSA) is 29.9 Å². The van der Waals surface area contributed by atoms with Crippen LogP contribution in [0.15, 0.2) is 41.1 Å². The first-order valence-corrected chi connectivity index (χ1v) is 6.64. The zero-order valence-electron chi connectivity index (χ0n) is 9.44. The fourth-order valence-corrected chi connectivity index (χ4v) is 2.42. The van der Waals surface area contributed by atoms with Crippen molar-refractivity contribution in [1.82, 2.24) is 15.1 Å². The number of nitrogens with zero attached hydrogens (tertiary/aromatic N) is 2. The van der Waals surface area contributed by atoms with E-state index in [1.165, 1.54) is 18.4 Å². The SMILES string of the molecule is Brc1cc(CNC2CC2)ccc1-n1cccn1. The molecule has 0 aliphatic heterocycles. The summed E-state index contributed by atoms with van der Waals surface area (Å²) in [6.45, 7) is 0.947. The molecule has 1 fully saturated rings. The zero-order chi connectivity index (χ0) is 11.7. The highest BCUT2D eigenvalue weighted by Gasteiger charge is 2.19. The van der Waals surface area contributed by atoms with Gasteiger partial charge in [0.15, 0.2) is 0 Å². The Balaban J connectivity index is 1.78. The van der Waals surface area contributed by atoms with E-state index in [0.717, 1.165) is 22.7 Å². The molecule has 3 nitrogen and oxygen atoms in total. The van der Waals surface area contributed by atoms with Gasteiger partial charge in [0.2, 0.25) is 0 Å². The second-order valence-electron chi connectivity index (χ2n) is 4.39. The molecule has 1 aliphatic carbocycles. The van der Waals surface area contributed by atoms with Gasteiger partial charge in [-0.2, -0.15) is 5.10 Å². The van der Waals surface area contributed by atoms with Crippen LogP contribution < -0.4 is 5.32 Å². The van der Waals surface area contributed by atoms with Crippen molar-refractivity contribution in [2.24, 2.45) is 0 Å². The number of halogens is 1. The van der Waals surface area contributed by atoms with Crippen LogP contribution in [0.2, 0.25) is 0 Å². The summed E-state index contributed by atoms with van der Waals surface area (Å²) >= 11 is 3.60. The molecule has 0 unspecified atom stereocenters. The summed E-state index contributed by atoms with van der Waals surface area (Å²) < 4.78 is 2.94. The molecule has 0 bridgehead atoms. The minimum absolute atomic E-state index is 0.750. The van der Waals surface area contributed by atoms with Crippen molar-refractivity contribution < 1.29 is 0 Å². The first-order chi connectivity index (χ1) is 8.33. The normalized spacial score (nSPS) is 15.1. The van der Waals surface area contributed by atoms with Gasteiger partial charge < -0.3 is 5.32 Å². The van der Waals surface area contributed by atoms with Crippen LogP contribution in [-0.2, 0) is 6.54 Å². The quantitative estimate of drug-likeness (QED) is 0.939. The van der Waals surface area contributed by atoms with Crippen LogP contribution in [0.4, 0.5) is 0 Å². The van der Waals surface area contributed by atoms with Crippen LogP contribution in [0.25, 0.3) is 5.69 Å². The van der Waals surface area contributed by atoms with E-state index in [1.54, 1.807) is 6.20 Å². The number of hydrogen-bond acceptors (Lipinski definition) is 2. The molecule has 1 saturated carbocycles. The Morgan fingerprint density at radius 1 is 1.41 bits per heavy atom. The van der Waals surface area contributed by atoms with Gasteiger partial charge in [0.1, 0.15) is 0 Å². The van der Waals surface area contributed by atoms with Crippen molar-refractivity contribution in [2.75, 3.05) is 0 Å². The number of aromatic nitrogens is 2. The Morgan fingerprint density at radius 2 is 2.29 bits per heavy atom. The van der Waals surface area contributed by atoms with Crippen LogP contribution in [0.3, 0.4) is 0 Å². The lowest BCUT2D eigenvalue weighted by molar-refractivity contribution is 0.687. The summed E-state index contributed by atoms with van der Waals surface area (Å²) in [6.07, 6.45) is 6.39. The van der Waals surface area contributed by atoms with E-state index >= 15 is 0 Å². The molecule has 0 amide bonds. The summed E-state index contributed by atoms with van der Waals surface area (Å²) in [6, 6.07) is 9.08. The molecule has 0 spiro atoms. The number of rotatable bonds is 4. The van der Waals surface area contributed by atoms with Crippen LogP contribution in [0.1, 0.15) is 18.4 Å². The summed E-state index contributed by atoms with van der Waals surface area (Å²) in [5.74, 6) is 0. The molecule has 1 aromatic heterocycles. The molecule has 0 saturated heterocycles. The van der Waals surface area contributed by atoms with Gasteiger partial charge >= 0.3 is 0 Å². The van der Waals surface area contributed by atoms with Gasteiger partial charge in [0.05, 0.1) is 5.69 Å². The Morgan fingerprint density at radius 3 is 2.94 bits per heavy atom. The van der Waals surface area contributed by atoms with Crippen molar-refractivity contribution in [3.05, 3.63) is 46.7 Å². The smallest absolute Gasteiger partial charge is 0.0787 e. The fourth-order valence-electron chi connectivity index (χ4n) is 1.81. The molecular weight excluding hydrogens is 278 g/mol. The second-order valence-corrected chi connectivity index (χ2v) is 5.25. The van der Waals surface area contributed by atoms with Gasteiger partial charge in [-0.05, 0) is 52.5 Å². The Bertz CT molecular complexity index is 503. The minimum Gasteiger partial charge on any atom is -0.310 e. The van der Waals surface area contributed by atoms with Gasteiger partial charge in [-0.3, -0.25) is 0 Å². The molecule has 3 rings (SSSR count). The molecule has 2 aromatic rings. The van der Waals surface area contributed by atoms with E-state index in [-0.39, 0.29) is 0 Å². The van der Waals surface area contributed by atoms with E-state index in [1.807, 2.05) is 16.9 Å². The van der Waals surface area contributed by atoms with Crippen molar-refractivity contribution in [3.8, 4) is 5.69 Å². The van der Waals surface area contributed by atoms with E-state index in [2.05, 4.69) is 44.5 Å². The number of hydrogen-bond donors (Lipinski definition) is 1. The molecule has 88 valence electrons. The molecule has 1 aromatic carbocycles. The number of benzene rings is 1. The minimum atomic E-state index is 0.750. The Hall–Kier alpha value is -1.13. The number of nitrogens with one attached hydrogen (secondary N) is 1. The molecule has 1 aliphatic rings. The molecule has 17 heavy (non-hydrogen) atoms. The lowest BCUT2D eigenvalue weighted by Gasteiger charge is -2.08. The van der Waals surface area contributed by atoms with Crippen LogP contribution in [0, 0.1) is 0 Å². The van der Waals surface area contributed by atoms with Gasteiger partial charge in [-0.25, -0.2) is 4.68 Å². The Labute approximate surface area is 109 Å². The summed E-state index contributed by atoms with van der Waals surface area (Å²) in [4.78, 5) is 0. The van der Waals surface area contributed by atoms with Crippen LogP contribution >= 0.6 is 15.9 Å². The summed E-state index contributed by atoms with van der Waals surface area (Å²) in [7, 11) is 0. The molecule has 0 atom stereocenters. The van der Waals surface area contributed by atoms with E-state index in [4.69, 9.17) is 0 Å². The van der Waals surface area contributed by atoms with Gasteiger partial charge in [-0.1, -0.05) is 6.07 Å². The fraction of sp³-hybridized carbons (Fsp3) is 0.308. The average molecular weight is 292 g/mol. The molecule has 1 N–H and O–H groups in total. The predicted octanol–water partition coefficient (Wildman–Crippen LogP) is 2.89. The van der Waals surface area contributed by atoms with Gasteiger partial charge in [0.25, 0.3) is 0 Å². The molecular formula is C13H14BrN3. The third-order valence-electron chi connectivity index (χ3n) is 2.94. The first kappa shape index (κ1) is 11.0. The Kier molecular flexibility index (Phi) is 2.99. The highest BCUT2D eigenvalue weighted by molar-refractivity contribution is 9.10. The second kappa shape index (κ2) is 4.63. The highest BCUT2D eigenvalue weighted by atomic mass is 79.9. The zero-order valence-corrected chi connectivity index (χ0v) is 11.0. The standard InChI is InChI=1S/C13H14BrN3/c14-12-8-10(9-15-11-3-4-11)2-5-13(12)17-7-1-6-16-17/h1-2,5-8,11,15H,3-4,9H2. The third-order valence-corrected chi connectivity index (χ3v) is 3.57. The largest absolute Gasteiger partial charge is 0.310 e. The third kappa shape index (κ3) is 2.58. The monoisotopic (exact) mass is 291 g/mol. The van der Waals surface area contributed by atoms with Crippen molar-refractivity contribution in [1.29, 1.82) is 0 Å².